The molecule has 0 heterocycles. The van der Waals surface area contributed by atoms with Crippen LogP contribution in [0.3, 0.4) is 0 Å². The van der Waals surface area contributed by atoms with E-state index >= 15 is 0 Å². The van der Waals surface area contributed by atoms with E-state index in [1.54, 1.807) is 14.0 Å². The maximum Gasteiger partial charge on any atom is 0.325 e. The van der Waals surface area contributed by atoms with E-state index in [1.807, 2.05) is 20.8 Å². The first-order valence-electron chi connectivity index (χ1n) is 6.14. The molecule has 0 spiro atoms. The van der Waals surface area contributed by atoms with Gasteiger partial charge < -0.3 is 20.7 Å². The normalized spacial score (nSPS) is 12.3. The lowest BCUT2D eigenvalue weighted by atomic mass is 9.86. The van der Waals surface area contributed by atoms with Gasteiger partial charge in [-0.15, -0.1) is 0 Å². The van der Waals surface area contributed by atoms with E-state index in [0.29, 0.717) is 6.61 Å². The molecular formula is C12H23N3O3S. The van der Waals surface area contributed by atoms with Crippen molar-refractivity contribution < 1.29 is 14.3 Å². The standard InChI is InChI=1S/C12H23N3O3S/c1-6-18-8(16)7-14-11(19)15-9(10(17)13-5)12(2,3)4/h9H,6-7H2,1-5H3,(H,13,17)(H2,14,15,19). The molecular weight excluding hydrogens is 266 g/mol. The Labute approximate surface area is 119 Å². The molecule has 0 aliphatic heterocycles. The fourth-order valence-electron chi connectivity index (χ4n) is 1.37. The van der Waals surface area contributed by atoms with Gasteiger partial charge in [-0.1, -0.05) is 20.8 Å². The summed E-state index contributed by atoms with van der Waals surface area (Å²) in [6.45, 7) is 7.80. The molecule has 3 N–H and O–H groups in total. The lowest BCUT2D eigenvalue weighted by Gasteiger charge is -2.30. The maximum absolute atomic E-state index is 11.8. The van der Waals surface area contributed by atoms with E-state index in [2.05, 4.69) is 16.0 Å². The van der Waals surface area contributed by atoms with Crippen molar-refractivity contribution in [1.29, 1.82) is 0 Å². The zero-order valence-corrected chi connectivity index (χ0v) is 12.9. The van der Waals surface area contributed by atoms with Crippen LogP contribution >= 0.6 is 12.2 Å². The highest BCUT2D eigenvalue weighted by Gasteiger charge is 2.31. The Bertz CT molecular complexity index is 340. The third-order valence-electron chi connectivity index (χ3n) is 2.35. The summed E-state index contributed by atoms with van der Waals surface area (Å²) < 4.78 is 4.77. The molecule has 0 bridgehead atoms. The van der Waals surface area contributed by atoms with Gasteiger partial charge in [0.25, 0.3) is 0 Å². The topological polar surface area (TPSA) is 79.5 Å². The van der Waals surface area contributed by atoms with Crippen LogP contribution in [0.5, 0.6) is 0 Å². The Kier molecular flexibility index (Phi) is 7.36. The number of hydrogen-bond acceptors (Lipinski definition) is 4. The fourth-order valence-corrected chi connectivity index (χ4v) is 1.56. The molecule has 1 amide bonds. The zero-order valence-electron chi connectivity index (χ0n) is 12.1. The molecule has 1 atom stereocenters. The Morgan fingerprint density at radius 3 is 2.32 bits per heavy atom. The molecule has 0 fully saturated rings. The number of likely N-dealkylation sites (N-methyl/N-ethyl adjacent to an activating group) is 1. The van der Waals surface area contributed by atoms with Crippen molar-refractivity contribution in [1.82, 2.24) is 16.0 Å². The molecule has 0 radical (unpaired) electrons. The van der Waals surface area contributed by atoms with Crippen molar-refractivity contribution >= 4 is 29.2 Å². The number of thiocarbonyl (C=S) groups is 1. The maximum atomic E-state index is 11.8. The van der Waals surface area contributed by atoms with Crippen molar-refractivity contribution in [2.45, 2.75) is 33.7 Å². The van der Waals surface area contributed by atoms with Gasteiger partial charge in [0.05, 0.1) is 6.61 Å². The molecule has 0 aromatic rings. The average Bonchev–Trinajstić information content (AvgIpc) is 2.31. The Hall–Kier alpha value is -1.37. The third kappa shape index (κ3) is 6.95. The number of esters is 1. The fraction of sp³-hybridized carbons (Fsp3) is 0.750. The molecule has 0 aromatic heterocycles. The summed E-state index contributed by atoms with van der Waals surface area (Å²) >= 11 is 5.06. The summed E-state index contributed by atoms with van der Waals surface area (Å²) in [5.41, 5.74) is -0.310. The second kappa shape index (κ2) is 7.93. The highest BCUT2D eigenvalue weighted by atomic mass is 32.1. The molecule has 19 heavy (non-hydrogen) atoms. The largest absolute Gasteiger partial charge is 0.465 e. The van der Waals surface area contributed by atoms with Crippen LogP contribution in [0.2, 0.25) is 0 Å². The van der Waals surface area contributed by atoms with Crippen LogP contribution in [0.15, 0.2) is 0 Å². The smallest absolute Gasteiger partial charge is 0.325 e. The van der Waals surface area contributed by atoms with E-state index in [4.69, 9.17) is 17.0 Å². The summed E-state index contributed by atoms with van der Waals surface area (Å²) in [5, 5.41) is 8.45. The number of carbonyl (C=O) groups is 2. The molecule has 7 heteroatoms. The Morgan fingerprint density at radius 2 is 1.89 bits per heavy atom. The molecule has 0 aromatic carbocycles. The second-order valence-electron chi connectivity index (χ2n) is 5.05. The highest BCUT2D eigenvalue weighted by Crippen LogP contribution is 2.19. The van der Waals surface area contributed by atoms with Crippen LogP contribution in [-0.2, 0) is 14.3 Å². The number of rotatable bonds is 5. The predicted octanol–water partition coefficient (Wildman–Crippen LogP) is 0.174. The molecule has 0 aliphatic carbocycles. The molecule has 0 rings (SSSR count). The van der Waals surface area contributed by atoms with Gasteiger partial charge in [-0.05, 0) is 24.6 Å². The monoisotopic (exact) mass is 289 g/mol. The summed E-state index contributed by atoms with van der Waals surface area (Å²) in [4.78, 5) is 23.0. The number of nitrogens with one attached hydrogen (secondary N) is 3. The van der Waals surface area contributed by atoms with Crippen molar-refractivity contribution in [3.8, 4) is 0 Å². The molecule has 0 saturated heterocycles. The average molecular weight is 289 g/mol. The number of amides is 1. The van der Waals surface area contributed by atoms with Gasteiger partial charge in [-0.2, -0.15) is 0 Å². The summed E-state index contributed by atoms with van der Waals surface area (Å²) in [7, 11) is 1.57. The van der Waals surface area contributed by atoms with Crippen LogP contribution in [0.1, 0.15) is 27.7 Å². The first kappa shape index (κ1) is 17.6. The first-order chi connectivity index (χ1) is 8.72. The lowest BCUT2D eigenvalue weighted by molar-refractivity contribution is -0.141. The lowest BCUT2D eigenvalue weighted by Crippen LogP contribution is -2.55. The Morgan fingerprint density at radius 1 is 1.32 bits per heavy atom. The van der Waals surface area contributed by atoms with Crippen LogP contribution in [-0.4, -0.2) is 43.2 Å². The molecule has 0 saturated carbocycles. The number of ether oxygens (including phenoxy) is 1. The molecule has 6 nitrogen and oxygen atoms in total. The summed E-state index contributed by atoms with van der Waals surface area (Å²) in [6, 6.07) is -0.486. The van der Waals surface area contributed by atoms with Gasteiger partial charge in [-0.25, -0.2) is 0 Å². The van der Waals surface area contributed by atoms with E-state index in [9.17, 15) is 9.59 Å². The van der Waals surface area contributed by atoms with Crippen molar-refractivity contribution in [3.63, 3.8) is 0 Å². The van der Waals surface area contributed by atoms with Gasteiger partial charge in [0.1, 0.15) is 12.6 Å². The van der Waals surface area contributed by atoms with Crippen LogP contribution in [0.25, 0.3) is 0 Å². The van der Waals surface area contributed by atoms with Crippen molar-refractivity contribution in [2.24, 2.45) is 5.41 Å². The van der Waals surface area contributed by atoms with Gasteiger partial charge in [0, 0.05) is 7.05 Å². The van der Waals surface area contributed by atoms with Crippen LogP contribution < -0.4 is 16.0 Å². The molecule has 110 valence electrons. The van der Waals surface area contributed by atoms with E-state index in [-0.39, 0.29) is 28.9 Å². The number of hydrogen-bond donors (Lipinski definition) is 3. The highest BCUT2D eigenvalue weighted by molar-refractivity contribution is 7.80. The van der Waals surface area contributed by atoms with Gasteiger partial charge in [-0.3, -0.25) is 9.59 Å². The van der Waals surface area contributed by atoms with Gasteiger partial charge >= 0.3 is 5.97 Å². The van der Waals surface area contributed by atoms with Gasteiger partial charge in [0.2, 0.25) is 5.91 Å². The van der Waals surface area contributed by atoms with Crippen molar-refractivity contribution in [3.05, 3.63) is 0 Å². The van der Waals surface area contributed by atoms with E-state index < -0.39 is 6.04 Å². The summed E-state index contributed by atoms with van der Waals surface area (Å²) in [5.74, 6) is -0.549. The van der Waals surface area contributed by atoms with Gasteiger partial charge in [0.15, 0.2) is 5.11 Å². The first-order valence-corrected chi connectivity index (χ1v) is 6.54. The summed E-state index contributed by atoms with van der Waals surface area (Å²) in [6.07, 6.45) is 0. The molecule has 1 unspecified atom stereocenters. The minimum Gasteiger partial charge on any atom is -0.465 e. The Balaban J connectivity index is 4.41. The predicted molar refractivity (Wildman–Crippen MR) is 77.7 cm³/mol. The molecule has 0 aliphatic rings. The third-order valence-corrected chi connectivity index (χ3v) is 2.61. The van der Waals surface area contributed by atoms with E-state index in [0.717, 1.165) is 0 Å². The minimum atomic E-state index is -0.486. The quantitative estimate of drug-likeness (QED) is 0.495. The van der Waals surface area contributed by atoms with E-state index in [1.165, 1.54) is 0 Å². The van der Waals surface area contributed by atoms with Crippen molar-refractivity contribution in [2.75, 3.05) is 20.2 Å². The number of carbonyl (C=O) groups excluding carboxylic acids is 2. The second-order valence-corrected chi connectivity index (χ2v) is 5.45. The van der Waals surface area contributed by atoms with Crippen LogP contribution in [0.4, 0.5) is 0 Å². The zero-order chi connectivity index (χ0) is 15.1. The SMILES string of the molecule is CCOC(=O)CNC(=S)NC(C(=O)NC)C(C)(C)C. The van der Waals surface area contributed by atoms with Crippen LogP contribution in [0, 0.1) is 5.41 Å². The minimum absolute atomic E-state index is 0.0235.